The van der Waals surface area contributed by atoms with Crippen LogP contribution in [0, 0.1) is 0 Å². The second kappa shape index (κ2) is 8.02. The van der Waals surface area contributed by atoms with Gasteiger partial charge in [-0.25, -0.2) is 4.79 Å². The topological polar surface area (TPSA) is 59.5 Å². The predicted octanol–water partition coefficient (Wildman–Crippen LogP) is 2.12. The van der Waals surface area contributed by atoms with E-state index in [0.29, 0.717) is 25.3 Å². The number of ether oxygens (including phenoxy) is 1. The van der Waals surface area contributed by atoms with Gasteiger partial charge in [-0.2, -0.15) is 0 Å². The Kier molecular flexibility index (Phi) is 6.04. The second-order valence-electron chi connectivity index (χ2n) is 4.82. The normalized spacial score (nSPS) is 18.3. The van der Waals surface area contributed by atoms with Crippen LogP contribution in [0.1, 0.15) is 26.2 Å². The van der Waals surface area contributed by atoms with Crippen molar-refractivity contribution in [2.45, 2.75) is 37.1 Å². The molecule has 1 aliphatic heterocycles. The minimum atomic E-state index is -0.413. The third-order valence-electron chi connectivity index (χ3n) is 3.39. The summed E-state index contributed by atoms with van der Waals surface area (Å²) in [6.07, 6.45) is 6.01. The Morgan fingerprint density at radius 1 is 1.38 bits per heavy atom. The van der Waals surface area contributed by atoms with Crippen molar-refractivity contribution in [3.63, 3.8) is 0 Å². The molecule has 1 aromatic heterocycles. The first kappa shape index (κ1) is 15.8. The molecule has 114 valence electrons. The van der Waals surface area contributed by atoms with Crippen LogP contribution >= 0.6 is 11.8 Å². The van der Waals surface area contributed by atoms with E-state index >= 15 is 0 Å². The number of hydrogen-bond donors (Lipinski definition) is 0. The predicted molar refractivity (Wildman–Crippen MR) is 80.9 cm³/mol. The summed E-state index contributed by atoms with van der Waals surface area (Å²) >= 11 is 1.47. The molecule has 0 spiro atoms. The minimum Gasteiger partial charge on any atom is -0.464 e. The molecule has 0 N–H and O–H groups in total. The number of carbonyl (C=O) groups is 2. The zero-order chi connectivity index (χ0) is 15.1. The van der Waals surface area contributed by atoms with Crippen molar-refractivity contribution in [1.29, 1.82) is 0 Å². The molecule has 2 rings (SSSR count). The fourth-order valence-corrected chi connectivity index (χ4v) is 3.15. The molecule has 1 aromatic rings. The molecule has 1 aliphatic rings. The highest BCUT2D eigenvalue weighted by atomic mass is 32.2. The number of rotatable bonds is 5. The Balaban J connectivity index is 1.93. The van der Waals surface area contributed by atoms with Crippen molar-refractivity contribution >= 4 is 23.6 Å². The number of amides is 1. The van der Waals surface area contributed by atoms with E-state index in [0.717, 1.165) is 17.7 Å². The molecule has 0 saturated carbocycles. The van der Waals surface area contributed by atoms with Crippen LogP contribution in [0.5, 0.6) is 0 Å². The molecular formula is C15H20N2O3S. The molecule has 1 atom stereocenters. The van der Waals surface area contributed by atoms with E-state index in [1.807, 2.05) is 12.1 Å². The Morgan fingerprint density at radius 3 is 2.86 bits per heavy atom. The monoisotopic (exact) mass is 308 g/mol. The summed E-state index contributed by atoms with van der Waals surface area (Å²) in [6.45, 7) is 2.77. The quantitative estimate of drug-likeness (QED) is 0.616. The Bertz CT molecular complexity index is 481. The number of thioether (sulfide) groups is 1. The van der Waals surface area contributed by atoms with Crippen molar-refractivity contribution < 1.29 is 14.3 Å². The molecule has 1 fully saturated rings. The van der Waals surface area contributed by atoms with Crippen LogP contribution in [-0.2, 0) is 14.3 Å². The molecule has 0 aliphatic carbocycles. The summed E-state index contributed by atoms with van der Waals surface area (Å²) in [5.41, 5.74) is 0. The van der Waals surface area contributed by atoms with E-state index in [4.69, 9.17) is 4.74 Å². The van der Waals surface area contributed by atoms with Crippen molar-refractivity contribution in [3.8, 4) is 0 Å². The van der Waals surface area contributed by atoms with Gasteiger partial charge >= 0.3 is 5.97 Å². The van der Waals surface area contributed by atoms with Crippen LogP contribution in [0.25, 0.3) is 0 Å². The lowest BCUT2D eigenvalue weighted by molar-refractivity contribution is -0.155. The fourth-order valence-electron chi connectivity index (χ4n) is 2.38. The summed E-state index contributed by atoms with van der Waals surface area (Å²) in [5, 5.41) is 0. The van der Waals surface area contributed by atoms with Crippen LogP contribution < -0.4 is 0 Å². The minimum absolute atomic E-state index is 0.00503. The second-order valence-corrected chi connectivity index (χ2v) is 5.87. The molecule has 0 radical (unpaired) electrons. The maximum atomic E-state index is 12.4. The van der Waals surface area contributed by atoms with E-state index in [1.165, 1.54) is 11.8 Å². The highest BCUT2D eigenvalue weighted by Gasteiger charge is 2.32. The number of aromatic nitrogens is 1. The summed E-state index contributed by atoms with van der Waals surface area (Å²) in [6, 6.07) is 3.33. The first-order chi connectivity index (χ1) is 10.2. The van der Waals surface area contributed by atoms with Gasteiger partial charge in [0.05, 0.1) is 12.4 Å². The van der Waals surface area contributed by atoms with E-state index < -0.39 is 6.04 Å². The Labute approximate surface area is 129 Å². The molecule has 1 unspecified atom stereocenters. The lowest BCUT2D eigenvalue weighted by Gasteiger charge is -2.34. The smallest absolute Gasteiger partial charge is 0.328 e. The lowest BCUT2D eigenvalue weighted by atomic mass is 10.0. The van der Waals surface area contributed by atoms with E-state index in [-0.39, 0.29) is 11.9 Å². The highest BCUT2D eigenvalue weighted by Crippen LogP contribution is 2.22. The number of pyridine rings is 1. The van der Waals surface area contributed by atoms with Crippen LogP contribution in [-0.4, -0.2) is 46.7 Å². The van der Waals surface area contributed by atoms with Crippen LogP contribution in [0.2, 0.25) is 0 Å². The first-order valence-corrected chi connectivity index (χ1v) is 8.20. The maximum absolute atomic E-state index is 12.4. The van der Waals surface area contributed by atoms with E-state index in [9.17, 15) is 9.59 Å². The number of nitrogens with zero attached hydrogens (tertiary/aromatic N) is 2. The van der Waals surface area contributed by atoms with Crippen LogP contribution in [0.4, 0.5) is 0 Å². The Hall–Kier alpha value is -1.56. The van der Waals surface area contributed by atoms with Gasteiger partial charge in [-0.15, -0.1) is 11.8 Å². The maximum Gasteiger partial charge on any atom is 0.328 e. The zero-order valence-electron chi connectivity index (χ0n) is 12.2. The molecule has 0 aromatic carbocycles. The van der Waals surface area contributed by atoms with Gasteiger partial charge in [0.25, 0.3) is 0 Å². The van der Waals surface area contributed by atoms with Gasteiger partial charge in [-0.3, -0.25) is 9.78 Å². The Morgan fingerprint density at radius 2 is 2.14 bits per heavy atom. The third kappa shape index (κ3) is 4.46. The largest absolute Gasteiger partial charge is 0.464 e. The summed E-state index contributed by atoms with van der Waals surface area (Å²) in [4.78, 5) is 31.0. The van der Waals surface area contributed by atoms with Gasteiger partial charge in [0, 0.05) is 23.8 Å². The first-order valence-electron chi connectivity index (χ1n) is 7.21. The highest BCUT2D eigenvalue weighted by molar-refractivity contribution is 8.00. The van der Waals surface area contributed by atoms with Gasteiger partial charge in [0.15, 0.2) is 0 Å². The zero-order valence-corrected chi connectivity index (χ0v) is 13.0. The fraction of sp³-hybridized carbons (Fsp3) is 0.533. The molecule has 5 nitrogen and oxygen atoms in total. The number of carbonyl (C=O) groups excluding carboxylic acids is 2. The number of likely N-dealkylation sites (tertiary alicyclic amines) is 1. The average Bonchev–Trinajstić information content (AvgIpc) is 2.54. The van der Waals surface area contributed by atoms with Crippen molar-refractivity contribution in [2.24, 2.45) is 0 Å². The third-order valence-corrected chi connectivity index (χ3v) is 4.39. The molecule has 1 amide bonds. The lowest BCUT2D eigenvalue weighted by Crippen LogP contribution is -2.49. The van der Waals surface area contributed by atoms with E-state index in [2.05, 4.69) is 4.98 Å². The SMILES string of the molecule is CCOC(=O)C1CCCCN1C(=O)CSc1ccncc1. The summed E-state index contributed by atoms with van der Waals surface area (Å²) in [7, 11) is 0. The van der Waals surface area contributed by atoms with Crippen molar-refractivity contribution in [1.82, 2.24) is 9.88 Å². The molecule has 6 heteroatoms. The van der Waals surface area contributed by atoms with Gasteiger partial charge in [0.1, 0.15) is 6.04 Å². The van der Waals surface area contributed by atoms with Crippen LogP contribution in [0.15, 0.2) is 29.4 Å². The van der Waals surface area contributed by atoms with Crippen molar-refractivity contribution in [2.75, 3.05) is 18.9 Å². The van der Waals surface area contributed by atoms with Crippen molar-refractivity contribution in [3.05, 3.63) is 24.5 Å². The number of hydrogen-bond acceptors (Lipinski definition) is 5. The molecule has 2 heterocycles. The van der Waals surface area contributed by atoms with Crippen LogP contribution in [0.3, 0.4) is 0 Å². The molecule has 21 heavy (non-hydrogen) atoms. The summed E-state index contributed by atoms with van der Waals surface area (Å²) in [5.74, 6) is 0.0499. The standard InChI is InChI=1S/C15H20N2O3S/c1-2-20-15(19)13-5-3-4-10-17(13)14(18)11-21-12-6-8-16-9-7-12/h6-9,13H,2-5,10-11H2,1H3. The molecular weight excluding hydrogens is 288 g/mol. The van der Waals surface area contributed by atoms with Gasteiger partial charge < -0.3 is 9.64 Å². The molecule has 1 saturated heterocycles. The number of esters is 1. The number of piperidine rings is 1. The summed E-state index contributed by atoms with van der Waals surface area (Å²) < 4.78 is 5.08. The van der Waals surface area contributed by atoms with Gasteiger partial charge in [0.2, 0.25) is 5.91 Å². The van der Waals surface area contributed by atoms with Gasteiger partial charge in [-0.05, 0) is 38.3 Å². The molecule has 0 bridgehead atoms. The average molecular weight is 308 g/mol. The van der Waals surface area contributed by atoms with E-state index in [1.54, 1.807) is 24.2 Å². The van der Waals surface area contributed by atoms with Gasteiger partial charge in [-0.1, -0.05) is 0 Å².